The number of thioether (sulfide) groups is 1. The fraction of sp³-hybridized carbons (Fsp3) is 0.500. The lowest BCUT2D eigenvalue weighted by Gasteiger charge is -2.26. The zero-order chi connectivity index (χ0) is 11.4. The topological polar surface area (TPSA) is 49.7 Å². The summed E-state index contributed by atoms with van der Waals surface area (Å²) in [5.41, 5.74) is 1.02. The van der Waals surface area contributed by atoms with Crippen molar-refractivity contribution in [2.75, 3.05) is 18.1 Å². The van der Waals surface area contributed by atoms with Crippen LogP contribution in [0.15, 0.2) is 24.3 Å². The predicted octanol–water partition coefficient (Wildman–Crippen LogP) is 1.43. The second kappa shape index (κ2) is 5.57. The smallest absolute Gasteiger partial charge is 0.115 e. The predicted molar refractivity (Wildman–Crippen MR) is 64.9 cm³/mol. The maximum Gasteiger partial charge on any atom is 0.115 e. The van der Waals surface area contributed by atoms with Gasteiger partial charge in [-0.2, -0.15) is 11.8 Å². The van der Waals surface area contributed by atoms with E-state index in [1.54, 1.807) is 12.1 Å². The second-order valence-corrected chi connectivity index (χ2v) is 5.07. The summed E-state index contributed by atoms with van der Waals surface area (Å²) in [5.74, 6) is 2.13. The van der Waals surface area contributed by atoms with E-state index in [-0.39, 0.29) is 11.9 Å². The molecule has 2 rings (SSSR count). The van der Waals surface area contributed by atoms with Gasteiger partial charge in [0.05, 0.1) is 18.8 Å². The van der Waals surface area contributed by atoms with Crippen LogP contribution in [0.3, 0.4) is 0 Å². The maximum atomic E-state index is 10.00. The summed E-state index contributed by atoms with van der Waals surface area (Å²) >= 11 is 1.82. The van der Waals surface area contributed by atoms with Crippen LogP contribution < -0.4 is 0 Å². The summed E-state index contributed by atoms with van der Waals surface area (Å²) in [6.45, 7) is 0.724. The van der Waals surface area contributed by atoms with E-state index in [4.69, 9.17) is 9.84 Å². The first-order valence-corrected chi connectivity index (χ1v) is 6.56. The number of benzene rings is 1. The van der Waals surface area contributed by atoms with Gasteiger partial charge in [0.15, 0.2) is 0 Å². The largest absolute Gasteiger partial charge is 0.508 e. The minimum absolute atomic E-state index is 0.0625. The molecule has 0 bridgehead atoms. The van der Waals surface area contributed by atoms with Crippen molar-refractivity contribution >= 4 is 11.8 Å². The Kier molecular flexibility index (Phi) is 4.09. The first-order chi connectivity index (χ1) is 7.75. The third-order valence-electron chi connectivity index (χ3n) is 2.65. The maximum absolute atomic E-state index is 10.00. The third kappa shape index (κ3) is 3.14. The highest BCUT2D eigenvalue weighted by Crippen LogP contribution is 2.19. The zero-order valence-corrected chi connectivity index (χ0v) is 9.82. The monoisotopic (exact) mass is 240 g/mol. The molecule has 2 atom stereocenters. The number of aromatic hydroxyl groups is 1. The lowest BCUT2D eigenvalue weighted by molar-refractivity contribution is -0.0207. The summed E-state index contributed by atoms with van der Waals surface area (Å²) in [7, 11) is 0. The molecule has 1 aliphatic rings. The lowest BCUT2D eigenvalue weighted by atomic mass is 10.0. The molecule has 1 aromatic rings. The molecular weight excluding hydrogens is 224 g/mol. The van der Waals surface area contributed by atoms with Crippen LogP contribution in [-0.2, 0) is 11.2 Å². The van der Waals surface area contributed by atoms with Gasteiger partial charge in [-0.25, -0.2) is 0 Å². The van der Waals surface area contributed by atoms with Crippen LogP contribution >= 0.6 is 11.8 Å². The minimum atomic E-state index is -0.461. The molecule has 2 N–H and O–H groups in total. The third-order valence-corrected chi connectivity index (χ3v) is 3.67. The van der Waals surface area contributed by atoms with E-state index in [1.807, 2.05) is 23.9 Å². The van der Waals surface area contributed by atoms with Gasteiger partial charge in [-0.3, -0.25) is 0 Å². The van der Waals surface area contributed by atoms with Gasteiger partial charge in [0, 0.05) is 17.9 Å². The van der Waals surface area contributed by atoms with Crippen molar-refractivity contribution in [3.8, 4) is 5.75 Å². The Morgan fingerprint density at radius 1 is 1.38 bits per heavy atom. The number of phenols is 1. The Bertz CT molecular complexity index is 320. The normalized spacial score (nSPS) is 22.9. The minimum Gasteiger partial charge on any atom is -0.508 e. The molecule has 1 fully saturated rings. The molecule has 0 saturated carbocycles. The van der Waals surface area contributed by atoms with Gasteiger partial charge in [0.1, 0.15) is 5.75 Å². The standard InChI is InChI=1S/C12H16O3S/c13-10-3-1-9(2-4-10)7-11(14)12-8-16-6-5-15-12/h1-4,11-14H,5-8H2. The first-order valence-electron chi connectivity index (χ1n) is 5.41. The summed E-state index contributed by atoms with van der Waals surface area (Å²) in [6, 6.07) is 6.93. The van der Waals surface area contributed by atoms with E-state index in [0.717, 1.165) is 23.7 Å². The van der Waals surface area contributed by atoms with Crippen LogP contribution in [0.2, 0.25) is 0 Å². The van der Waals surface area contributed by atoms with Gasteiger partial charge in [-0.1, -0.05) is 12.1 Å². The van der Waals surface area contributed by atoms with Gasteiger partial charge in [-0.05, 0) is 17.7 Å². The summed E-state index contributed by atoms with van der Waals surface area (Å²) in [5, 5.41) is 19.1. The van der Waals surface area contributed by atoms with Crippen LogP contribution in [0.1, 0.15) is 5.56 Å². The van der Waals surface area contributed by atoms with Crippen LogP contribution in [-0.4, -0.2) is 40.5 Å². The van der Waals surface area contributed by atoms with Crippen molar-refractivity contribution in [1.29, 1.82) is 0 Å². The molecule has 0 amide bonds. The quantitative estimate of drug-likeness (QED) is 0.839. The van der Waals surface area contributed by atoms with E-state index < -0.39 is 6.10 Å². The molecular formula is C12H16O3S. The SMILES string of the molecule is Oc1ccc(CC(O)C2CSCCO2)cc1. The fourth-order valence-corrected chi connectivity index (χ4v) is 2.66. The Balaban J connectivity index is 1.90. The molecule has 1 aliphatic heterocycles. The number of rotatable bonds is 3. The Morgan fingerprint density at radius 3 is 2.75 bits per heavy atom. The number of hydrogen-bond acceptors (Lipinski definition) is 4. The van der Waals surface area contributed by atoms with Crippen LogP contribution in [0.4, 0.5) is 0 Å². The van der Waals surface area contributed by atoms with E-state index in [9.17, 15) is 5.11 Å². The molecule has 1 heterocycles. The molecule has 0 spiro atoms. The fourth-order valence-electron chi connectivity index (χ4n) is 1.73. The molecule has 0 aromatic heterocycles. The van der Waals surface area contributed by atoms with Gasteiger partial charge in [-0.15, -0.1) is 0 Å². The highest BCUT2D eigenvalue weighted by atomic mass is 32.2. The molecule has 0 radical (unpaired) electrons. The van der Waals surface area contributed by atoms with Crippen molar-refractivity contribution in [3.63, 3.8) is 0 Å². The van der Waals surface area contributed by atoms with Gasteiger partial charge < -0.3 is 14.9 Å². The molecule has 4 heteroatoms. The van der Waals surface area contributed by atoms with E-state index in [2.05, 4.69) is 0 Å². The van der Waals surface area contributed by atoms with Crippen molar-refractivity contribution in [3.05, 3.63) is 29.8 Å². The molecule has 3 nitrogen and oxygen atoms in total. The lowest BCUT2D eigenvalue weighted by Crippen LogP contribution is -2.36. The molecule has 88 valence electrons. The first kappa shape index (κ1) is 11.8. The van der Waals surface area contributed by atoms with Crippen LogP contribution in [0.5, 0.6) is 5.75 Å². The van der Waals surface area contributed by atoms with E-state index >= 15 is 0 Å². The summed E-state index contributed by atoms with van der Waals surface area (Å²) in [4.78, 5) is 0. The van der Waals surface area contributed by atoms with Crippen molar-refractivity contribution in [2.45, 2.75) is 18.6 Å². The van der Waals surface area contributed by atoms with Crippen LogP contribution in [0, 0.1) is 0 Å². The average Bonchev–Trinajstić information content (AvgIpc) is 2.33. The van der Waals surface area contributed by atoms with Crippen LogP contribution in [0.25, 0.3) is 0 Å². The number of phenolic OH excluding ortho intramolecular Hbond substituents is 1. The summed E-state index contributed by atoms with van der Waals surface area (Å²) < 4.78 is 5.52. The van der Waals surface area contributed by atoms with E-state index in [0.29, 0.717) is 6.42 Å². The Morgan fingerprint density at radius 2 is 2.12 bits per heavy atom. The van der Waals surface area contributed by atoms with Gasteiger partial charge in [0.2, 0.25) is 0 Å². The highest BCUT2D eigenvalue weighted by Gasteiger charge is 2.22. The number of hydrogen-bond donors (Lipinski definition) is 2. The number of ether oxygens (including phenoxy) is 1. The molecule has 16 heavy (non-hydrogen) atoms. The van der Waals surface area contributed by atoms with Crippen molar-refractivity contribution in [1.82, 2.24) is 0 Å². The molecule has 1 aromatic carbocycles. The highest BCUT2D eigenvalue weighted by molar-refractivity contribution is 7.99. The summed E-state index contributed by atoms with van der Waals surface area (Å²) in [6.07, 6.45) is 0.0517. The van der Waals surface area contributed by atoms with Gasteiger partial charge >= 0.3 is 0 Å². The second-order valence-electron chi connectivity index (χ2n) is 3.92. The average molecular weight is 240 g/mol. The molecule has 1 saturated heterocycles. The zero-order valence-electron chi connectivity index (χ0n) is 9.00. The Hall–Kier alpha value is -0.710. The van der Waals surface area contributed by atoms with Crippen molar-refractivity contribution < 1.29 is 14.9 Å². The number of aliphatic hydroxyl groups excluding tert-OH is 1. The molecule has 0 aliphatic carbocycles. The van der Waals surface area contributed by atoms with E-state index in [1.165, 1.54) is 0 Å². The number of aliphatic hydroxyl groups is 1. The molecule has 2 unspecified atom stereocenters. The Labute approximate surface area is 99.4 Å². The van der Waals surface area contributed by atoms with Gasteiger partial charge in [0.25, 0.3) is 0 Å². The van der Waals surface area contributed by atoms with Crippen molar-refractivity contribution in [2.24, 2.45) is 0 Å².